The fraction of sp³-hybridized carbons (Fsp3) is 0.111. The number of ketones is 1. The third-order valence-electron chi connectivity index (χ3n) is 3.41. The Morgan fingerprint density at radius 1 is 1.00 bits per heavy atom. The van der Waals surface area contributed by atoms with Gasteiger partial charge in [-0.3, -0.25) is 4.79 Å². The zero-order valence-corrected chi connectivity index (χ0v) is 13.5. The number of carbonyl (C=O) groups excluding carboxylic acids is 1. The van der Waals surface area contributed by atoms with Gasteiger partial charge in [0.05, 0.1) is 0 Å². The molecule has 0 amide bonds. The van der Waals surface area contributed by atoms with Crippen LogP contribution in [0.3, 0.4) is 0 Å². The summed E-state index contributed by atoms with van der Waals surface area (Å²) in [5.41, 5.74) is 1.92. The minimum Gasteiger partial charge on any atom is -0.287 e. The maximum absolute atomic E-state index is 12.6. The van der Waals surface area contributed by atoms with Crippen molar-refractivity contribution in [3.05, 3.63) is 78.1 Å². The summed E-state index contributed by atoms with van der Waals surface area (Å²) in [7, 11) is 0. The molecule has 0 aliphatic carbocycles. The molecule has 106 valence electrons. The van der Waals surface area contributed by atoms with Crippen molar-refractivity contribution in [2.24, 2.45) is 0 Å². The smallest absolute Gasteiger partial charge is 0.228 e. The molecule has 0 saturated heterocycles. The molecule has 0 radical (unpaired) electrons. The predicted molar refractivity (Wildman–Crippen MR) is 90.0 cm³/mol. The average Bonchev–Trinajstić information content (AvgIpc) is 2.47. The maximum atomic E-state index is 12.6. The molecule has 0 saturated carbocycles. The Morgan fingerprint density at radius 2 is 1.71 bits per heavy atom. The third-order valence-corrected chi connectivity index (χ3v) is 3.41. The predicted octanol–water partition coefficient (Wildman–Crippen LogP) is 3.90. The molecule has 2 nitrogen and oxygen atoms in total. The van der Waals surface area contributed by atoms with Gasteiger partial charge in [-0.25, -0.2) is 0 Å². The van der Waals surface area contributed by atoms with Crippen LogP contribution >= 0.6 is 17.0 Å². The van der Waals surface area contributed by atoms with E-state index in [2.05, 4.69) is 12.1 Å². The van der Waals surface area contributed by atoms with Gasteiger partial charge in [0.15, 0.2) is 12.4 Å². The standard InChI is InChI=1S/C18H16NO.BrH/c1-14-11-15-7-3-4-8-16(15)17(12-14)18(20)13-19-9-5-2-6-10-19;/h2-12H,13H2,1H3;1H/q+1;. The van der Waals surface area contributed by atoms with E-state index >= 15 is 0 Å². The second kappa shape index (κ2) is 6.64. The minimum absolute atomic E-state index is 0. The van der Waals surface area contributed by atoms with E-state index in [1.54, 1.807) is 0 Å². The zero-order chi connectivity index (χ0) is 13.9. The molecule has 0 atom stereocenters. The number of nitrogens with zero attached hydrogens (tertiary/aromatic N) is 1. The molecule has 0 aliphatic rings. The van der Waals surface area contributed by atoms with Crippen LogP contribution in [-0.4, -0.2) is 5.78 Å². The van der Waals surface area contributed by atoms with Gasteiger partial charge < -0.3 is 0 Å². The number of hydrogen-bond donors (Lipinski definition) is 0. The Balaban J connectivity index is 0.00000161. The summed E-state index contributed by atoms with van der Waals surface area (Å²) in [5.74, 6) is 0.140. The lowest BCUT2D eigenvalue weighted by Gasteiger charge is -2.06. The number of carbonyl (C=O) groups is 1. The lowest BCUT2D eigenvalue weighted by Crippen LogP contribution is -2.36. The summed E-state index contributed by atoms with van der Waals surface area (Å²) in [6, 6.07) is 17.9. The normalized spacial score (nSPS) is 10.1. The first kappa shape index (κ1) is 15.4. The summed E-state index contributed by atoms with van der Waals surface area (Å²) < 4.78 is 1.90. The molecule has 0 fully saturated rings. The molecule has 3 rings (SSSR count). The Kier molecular flexibility index (Phi) is 4.86. The highest BCUT2D eigenvalue weighted by Crippen LogP contribution is 2.21. The zero-order valence-electron chi connectivity index (χ0n) is 11.8. The van der Waals surface area contributed by atoms with Gasteiger partial charge in [0.25, 0.3) is 0 Å². The monoisotopic (exact) mass is 342 g/mol. The highest BCUT2D eigenvalue weighted by molar-refractivity contribution is 8.93. The lowest BCUT2D eigenvalue weighted by atomic mass is 9.98. The van der Waals surface area contributed by atoms with Crippen molar-refractivity contribution in [1.29, 1.82) is 0 Å². The highest BCUT2D eigenvalue weighted by atomic mass is 79.9. The van der Waals surface area contributed by atoms with Crippen LogP contribution < -0.4 is 4.57 Å². The summed E-state index contributed by atoms with van der Waals surface area (Å²) in [4.78, 5) is 12.6. The van der Waals surface area contributed by atoms with Crippen LogP contribution in [0.4, 0.5) is 0 Å². The van der Waals surface area contributed by atoms with E-state index in [1.807, 2.05) is 66.3 Å². The maximum Gasteiger partial charge on any atom is 0.228 e. The van der Waals surface area contributed by atoms with E-state index in [9.17, 15) is 4.79 Å². The topological polar surface area (TPSA) is 20.9 Å². The van der Waals surface area contributed by atoms with Gasteiger partial charge >= 0.3 is 0 Å². The van der Waals surface area contributed by atoms with Crippen LogP contribution in [0.2, 0.25) is 0 Å². The largest absolute Gasteiger partial charge is 0.287 e. The second-order valence-corrected chi connectivity index (χ2v) is 5.00. The third kappa shape index (κ3) is 3.37. The molecule has 0 aliphatic heterocycles. The van der Waals surface area contributed by atoms with Crippen molar-refractivity contribution in [3.63, 3.8) is 0 Å². The number of fused-ring (bicyclic) bond motifs is 1. The van der Waals surface area contributed by atoms with Crippen LogP contribution in [0.5, 0.6) is 0 Å². The number of halogens is 1. The van der Waals surface area contributed by atoms with Gasteiger partial charge in [-0.2, -0.15) is 4.57 Å². The van der Waals surface area contributed by atoms with Gasteiger partial charge in [0, 0.05) is 17.7 Å². The Hall–Kier alpha value is -2.00. The molecule has 3 aromatic rings. The number of aryl methyl sites for hydroxylation is 1. The lowest BCUT2D eigenvalue weighted by molar-refractivity contribution is -0.683. The van der Waals surface area contributed by atoms with E-state index in [1.165, 1.54) is 0 Å². The van der Waals surface area contributed by atoms with Crippen molar-refractivity contribution in [2.75, 3.05) is 0 Å². The molecule has 0 bridgehead atoms. The van der Waals surface area contributed by atoms with Crippen LogP contribution in [0.1, 0.15) is 15.9 Å². The highest BCUT2D eigenvalue weighted by Gasteiger charge is 2.15. The summed E-state index contributed by atoms with van der Waals surface area (Å²) in [5, 5.41) is 2.15. The molecule has 1 heterocycles. The molecule has 0 N–H and O–H groups in total. The van der Waals surface area contributed by atoms with E-state index in [-0.39, 0.29) is 22.8 Å². The first-order valence-corrected chi connectivity index (χ1v) is 6.71. The van der Waals surface area contributed by atoms with Gasteiger partial charge in [0.2, 0.25) is 12.3 Å². The molecule has 0 spiro atoms. The molecule has 0 unspecified atom stereocenters. The van der Waals surface area contributed by atoms with Crippen molar-refractivity contribution in [3.8, 4) is 0 Å². The van der Waals surface area contributed by atoms with Crippen LogP contribution in [0.15, 0.2) is 67.0 Å². The number of Topliss-reactive ketones (excluding diaryl/α,β-unsaturated/α-hetero) is 1. The molecule has 21 heavy (non-hydrogen) atoms. The molecule has 1 aromatic heterocycles. The Bertz CT molecular complexity index is 769. The van der Waals surface area contributed by atoms with Crippen LogP contribution in [0.25, 0.3) is 10.8 Å². The van der Waals surface area contributed by atoms with Gasteiger partial charge in [-0.05, 0) is 29.3 Å². The minimum atomic E-state index is 0. The quantitative estimate of drug-likeness (QED) is 0.522. The van der Waals surface area contributed by atoms with Crippen molar-refractivity contribution in [1.82, 2.24) is 0 Å². The first-order chi connectivity index (χ1) is 9.74. The molecular weight excluding hydrogens is 326 g/mol. The number of pyridine rings is 1. The van der Waals surface area contributed by atoms with Gasteiger partial charge in [-0.1, -0.05) is 36.4 Å². The fourth-order valence-electron chi connectivity index (χ4n) is 2.48. The number of hydrogen-bond acceptors (Lipinski definition) is 1. The van der Waals surface area contributed by atoms with Crippen molar-refractivity contribution in [2.45, 2.75) is 13.5 Å². The Labute approximate surface area is 134 Å². The summed E-state index contributed by atoms with van der Waals surface area (Å²) in [6.07, 6.45) is 3.83. The van der Waals surface area contributed by atoms with Gasteiger partial charge in [-0.15, -0.1) is 17.0 Å². The van der Waals surface area contributed by atoms with Gasteiger partial charge in [0.1, 0.15) is 0 Å². The SMILES string of the molecule is Br.Cc1cc(C(=O)C[n+]2ccccc2)c2ccccc2c1. The number of aromatic nitrogens is 1. The number of rotatable bonds is 3. The van der Waals surface area contributed by atoms with E-state index in [0.29, 0.717) is 6.54 Å². The number of benzene rings is 2. The van der Waals surface area contributed by atoms with Crippen LogP contribution in [0, 0.1) is 6.92 Å². The van der Waals surface area contributed by atoms with E-state index in [0.717, 1.165) is 21.9 Å². The van der Waals surface area contributed by atoms with E-state index < -0.39 is 0 Å². The summed E-state index contributed by atoms with van der Waals surface area (Å²) >= 11 is 0. The molecule has 2 aromatic carbocycles. The molecular formula is C18H17BrNO+. The average molecular weight is 343 g/mol. The van der Waals surface area contributed by atoms with E-state index in [4.69, 9.17) is 0 Å². The van der Waals surface area contributed by atoms with Crippen molar-refractivity contribution >= 4 is 33.5 Å². The second-order valence-electron chi connectivity index (χ2n) is 5.00. The first-order valence-electron chi connectivity index (χ1n) is 6.71. The van der Waals surface area contributed by atoms with Crippen LogP contribution in [-0.2, 0) is 6.54 Å². The Morgan fingerprint density at radius 3 is 2.48 bits per heavy atom. The fourth-order valence-corrected chi connectivity index (χ4v) is 2.48. The molecule has 3 heteroatoms. The summed E-state index contributed by atoms with van der Waals surface area (Å²) in [6.45, 7) is 2.40. The van der Waals surface area contributed by atoms with Crippen molar-refractivity contribution < 1.29 is 9.36 Å².